The van der Waals surface area contributed by atoms with Gasteiger partial charge in [-0.25, -0.2) is 4.79 Å². The lowest BCUT2D eigenvalue weighted by atomic mass is 9.99. The molecule has 1 heterocycles. The molecule has 0 aromatic heterocycles. The van der Waals surface area contributed by atoms with Gasteiger partial charge in [0.1, 0.15) is 0 Å². The van der Waals surface area contributed by atoms with E-state index in [0.717, 1.165) is 5.56 Å². The van der Waals surface area contributed by atoms with Gasteiger partial charge in [-0.3, -0.25) is 0 Å². The van der Waals surface area contributed by atoms with Gasteiger partial charge < -0.3 is 9.47 Å². The fraction of sp³-hybridized carbons (Fsp3) is 0.357. The molecule has 2 rings (SSSR count). The number of carbonyl (C=O) groups is 1. The van der Waals surface area contributed by atoms with Crippen LogP contribution in [0.3, 0.4) is 0 Å². The van der Waals surface area contributed by atoms with E-state index in [1.165, 1.54) is 0 Å². The smallest absolute Gasteiger partial charge is 0.341 e. The zero-order chi connectivity index (χ0) is 12.5. The maximum atomic E-state index is 11.9. The maximum absolute atomic E-state index is 11.9. The van der Waals surface area contributed by atoms with Crippen LogP contribution in [0.2, 0.25) is 0 Å². The van der Waals surface area contributed by atoms with Crippen molar-refractivity contribution in [3.05, 3.63) is 42.0 Å². The summed E-state index contributed by atoms with van der Waals surface area (Å²) in [5, 5.41) is 0. The number of cyclic esters (lactones) is 1. The summed E-state index contributed by atoms with van der Waals surface area (Å²) in [6.07, 6.45) is 1.77. The molecule has 1 aromatic rings. The van der Waals surface area contributed by atoms with Crippen LogP contribution in [0.1, 0.15) is 19.4 Å². The molecule has 0 bridgehead atoms. The van der Waals surface area contributed by atoms with E-state index in [1.54, 1.807) is 13.2 Å². The molecule has 17 heavy (non-hydrogen) atoms. The summed E-state index contributed by atoms with van der Waals surface area (Å²) in [4.78, 5) is 11.9. The molecule has 3 heteroatoms. The number of rotatable bonds is 3. The molecule has 0 amide bonds. The first kappa shape index (κ1) is 11.9. The van der Waals surface area contributed by atoms with Crippen molar-refractivity contribution >= 4 is 11.5 Å². The molecular formula is C14H16O3. The highest BCUT2D eigenvalue weighted by molar-refractivity contribution is 6.18. The molecule has 0 saturated heterocycles. The Morgan fingerprint density at radius 2 is 1.88 bits per heavy atom. The Kier molecular flexibility index (Phi) is 3.03. The number of hydrogen-bond acceptors (Lipinski definition) is 3. The predicted molar refractivity (Wildman–Crippen MR) is 65.1 cm³/mol. The fourth-order valence-corrected chi connectivity index (χ4v) is 1.93. The molecule has 0 N–H and O–H groups in total. The van der Waals surface area contributed by atoms with Gasteiger partial charge >= 0.3 is 5.97 Å². The molecule has 1 unspecified atom stereocenters. The van der Waals surface area contributed by atoms with Crippen molar-refractivity contribution in [3.8, 4) is 0 Å². The average Bonchev–Trinajstić information content (AvgIpc) is 2.69. The second-order valence-electron chi connectivity index (χ2n) is 4.39. The van der Waals surface area contributed by atoms with Crippen LogP contribution in [0.5, 0.6) is 0 Å². The summed E-state index contributed by atoms with van der Waals surface area (Å²) in [5.74, 6) is -1.19. The first-order valence-corrected chi connectivity index (χ1v) is 5.66. The van der Waals surface area contributed by atoms with Gasteiger partial charge in [0.25, 0.3) is 0 Å². The first-order chi connectivity index (χ1) is 8.09. The lowest BCUT2D eigenvalue weighted by Crippen LogP contribution is -2.36. The Labute approximate surface area is 101 Å². The molecule has 0 aliphatic carbocycles. The standard InChI is InChI=1S/C14H16O3/c1-10(2)14(16-3)9-12(13(15)17-14)11-7-5-4-6-8-11/h4-10H,1-3H3. The predicted octanol–water partition coefficient (Wildman–Crippen LogP) is 2.63. The Balaban J connectivity index is 2.42. The van der Waals surface area contributed by atoms with Gasteiger partial charge in [0, 0.05) is 19.1 Å². The summed E-state index contributed by atoms with van der Waals surface area (Å²) in [7, 11) is 1.55. The summed E-state index contributed by atoms with van der Waals surface area (Å²) in [6, 6.07) is 9.48. The molecular weight excluding hydrogens is 216 g/mol. The zero-order valence-corrected chi connectivity index (χ0v) is 10.3. The van der Waals surface area contributed by atoms with E-state index in [9.17, 15) is 4.79 Å². The average molecular weight is 232 g/mol. The molecule has 1 atom stereocenters. The lowest BCUT2D eigenvalue weighted by molar-refractivity contribution is -0.203. The van der Waals surface area contributed by atoms with Crippen molar-refractivity contribution in [1.82, 2.24) is 0 Å². The minimum absolute atomic E-state index is 0.0673. The third kappa shape index (κ3) is 1.98. The van der Waals surface area contributed by atoms with Crippen LogP contribution in [-0.4, -0.2) is 18.9 Å². The Morgan fingerprint density at radius 3 is 2.35 bits per heavy atom. The Morgan fingerprint density at radius 1 is 1.24 bits per heavy atom. The summed E-state index contributed by atoms with van der Waals surface area (Å²) in [6.45, 7) is 3.92. The van der Waals surface area contributed by atoms with Crippen molar-refractivity contribution in [1.29, 1.82) is 0 Å². The number of carbonyl (C=O) groups excluding carboxylic acids is 1. The van der Waals surface area contributed by atoms with Gasteiger partial charge in [0.2, 0.25) is 5.79 Å². The van der Waals surface area contributed by atoms with E-state index in [1.807, 2.05) is 44.2 Å². The van der Waals surface area contributed by atoms with Crippen molar-refractivity contribution in [2.45, 2.75) is 19.6 Å². The fourth-order valence-electron chi connectivity index (χ4n) is 1.93. The third-order valence-electron chi connectivity index (χ3n) is 3.03. The first-order valence-electron chi connectivity index (χ1n) is 5.66. The van der Waals surface area contributed by atoms with E-state index in [0.29, 0.717) is 5.57 Å². The van der Waals surface area contributed by atoms with E-state index >= 15 is 0 Å². The molecule has 90 valence electrons. The number of esters is 1. The summed E-state index contributed by atoms with van der Waals surface area (Å²) in [5.41, 5.74) is 1.43. The lowest BCUT2D eigenvalue weighted by Gasteiger charge is -2.28. The normalized spacial score (nSPS) is 23.8. The number of methoxy groups -OCH3 is 1. The highest BCUT2D eigenvalue weighted by Gasteiger charge is 2.43. The zero-order valence-electron chi connectivity index (χ0n) is 10.3. The minimum atomic E-state index is -0.928. The Bertz CT molecular complexity index is 448. The van der Waals surface area contributed by atoms with Crippen LogP contribution in [-0.2, 0) is 14.3 Å². The molecule has 0 spiro atoms. The van der Waals surface area contributed by atoms with Crippen molar-refractivity contribution in [2.24, 2.45) is 5.92 Å². The van der Waals surface area contributed by atoms with Gasteiger partial charge in [0.15, 0.2) is 0 Å². The van der Waals surface area contributed by atoms with Gasteiger partial charge in [-0.15, -0.1) is 0 Å². The topological polar surface area (TPSA) is 35.5 Å². The summed E-state index contributed by atoms with van der Waals surface area (Å²) >= 11 is 0. The molecule has 0 saturated carbocycles. The van der Waals surface area contributed by atoms with E-state index < -0.39 is 5.79 Å². The SMILES string of the molecule is COC1(C(C)C)C=C(c2ccccc2)C(=O)O1. The van der Waals surface area contributed by atoms with Crippen LogP contribution in [0.4, 0.5) is 0 Å². The number of hydrogen-bond donors (Lipinski definition) is 0. The van der Waals surface area contributed by atoms with E-state index in [-0.39, 0.29) is 11.9 Å². The Hall–Kier alpha value is -1.61. The largest absolute Gasteiger partial charge is 0.425 e. The monoisotopic (exact) mass is 232 g/mol. The minimum Gasteiger partial charge on any atom is -0.425 e. The van der Waals surface area contributed by atoms with E-state index in [4.69, 9.17) is 9.47 Å². The molecule has 3 nitrogen and oxygen atoms in total. The van der Waals surface area contributed by atoms with Crippen LogP contribution in [0.25, 0.3) is 5.57 Å². The second-order valence-corrected chi connectivity index (χ2v) is 4.39. The summed E-state index contributed by atoms with van der Waals surface area (Å²) < 4.78 is 10.7. The van der Waals surface area contributed by atoms with Crippen molar-refractivity contribution in [2.75, 3.05) is 7.11 Å². The molecule has 0 fully saturated rings. The van der Waals surface area contributed by atoms with Crippen LogP contribution in [0, 0.1) is 5.92 Å². The van der Waals surface area contributed by atoms with Gasteiger partial charge in [0.05, 0.1) is 5.57 Å². The number of ether oxygens (including phenoxy) is 2. The van der Waals surface area contributed by atoms with Crippen LogP contribution >= 0.6 is 0 Å². The highest BCUT2D eigenvalue weighted by Crippen LogP contribution is 2.36. The molecule has 0 radical (unpaired) electrons. The van der Waals surface area contributed by atoms with Crippen molar-refractivity contribution < 1.29 is 14.3 Å². The van der Waals surface area contributed by atoms with Crippen LogP contribution in [0.15, 0.2) is 36.4 Å². The van der Waals surface area contributed by atoms with Gasteiger partial charge in [-0.05, 0) is 5.56 Å². The maximum Gasteiger partial charge on any atom is 0.341 e. The molecule has 1 aliphatic rings. The highest BCUT2D eigenvalue weighted by atomic mass is 16.7. The van der Waals surface area contributed by atoms with Crippen LogP contribution < -0.4 is 0 Å². The van der Waals surface area contributed by atoms with Gasteiger partial charge in [-0.1, -0.05) is 44.2 Å². The number of benzene rings is 1. The second kappa shape index (κ2) is 4.34. The quantitative estimate of drug-likeness (QED) is 0.751. The van der Waals surface area contributed by atoms with Crippen molar-refractivity contribution in [3.63, 3.8) is 0 Å². The molecule has 1 aromatic carbocycles. The third-order valence-corrected chi connectivity index (χ3v) is 3.03. The van der Waals surface area contributed by atoms with Gasteiger partial charge in [-0.2, -0.15) is 0 Å². The van der Waals surface area contributed by atoms with E-state index in [2.05, 4.69) is 0 Å². The molecule has 1 aliphatic heterocycles.